The van der Waals surface area contributed by atoms with Crippen molar-refractivity contribution < 1.29 is 0 Å². The van der Waals surface area contributed by atoms with Gasteiger partial charge in [0.2, 0.25) is 0 Å². The van der Waals surface area contributed by atoms with Gasteiger partial charge < -0.3 is 0 Å². The van der Waals surface area contributed by atoms with E-state index in [-0.39, 0.29) is 0 Å². The number of hydrogen-bond acceptors (Lipinski definition) is 0. The Morgan fingerprint density at radius 1 is 0.824 bits per heavy atom. The van der Waals surface area contributed by atoms with Crippen LogP contribution in [-0.4, -0.2) is 0 Å². The molecule has 1 aliphatic rings. The molecular formula is C15H12Cl2. The molecule has 0 saturated heterocycles. The smallest absolute Gasteiger partial charge is 0.0444 e. The Hall–Kier alpha value is -0.980. The predicted molar refractivity (Wildman–Crippen MR) is 73.1 cm³/mol. The van der Waals surface area contributed by atoms with Crippen LogP contribution in [0.4, 0.5) is 0 Å². The van der Waals surface area contributed by atoms with Crippen molar-refractivity contribution in [2.75, 3.05) is 0 Å². The van der Waals surface area contributed by atoms with Crippen molar-refractivity contribution in [1.29, 1.82) is 0 Å². The minimum Gasteiger partial charge on any atom is -0.0840 e. The van der Waals surface area contributed by atoms with E-state index in [9.17, 15) is 0 Å². The summed E-state index contributed by atoms with van der Waals surface area (Å²) < 4.78 is 0. The fourth-order valence-electron chi connectivity index (χ4n) is 2.69. The first-order valence-corrected chi connectivity index (χ1v) is 6.54. The lowest BCUT2D eigenvalue weighted by Crippen LogP contribution is -1.96. The van der Waals surface area contributed by atoms with Gasteiger partial charge in [0.15, 0.2) is 0 Å². The van der Waals surface area contributed by atoms with E-state index in [0.29, 0.717) is 5.92 Å². The van der Waals surface area contributed by atoms with E-state index in [0.717, 1.165) is 22.9 Å². The Labute approximate surface area is 111 Å². The van der Waals surface area contributed by atoms with Crippen LogP contribution in [0, 0.1) is 0 Å². The first-order valence-electron chi connectivity index (χ1n) is 5.79. The molecule has 2 aromatic carbocycles. The number of rotatable bonds is 1. The van der Waals surface area contributed by atoms with Gasteiger partial charge in [-0.1, -0.05) is 53.5 Å². The molecule has 0 bridgehead atoms. The fraction of sp³-hybridized carbons (Fsp3) is 0.200. The zero-order valence-corrected chi connectivity index (χ0v) is 10.8. The van der Waals surface area contributed by atoms with Crippen LogP contribution in [0.15, 0.2) is 42.5 Å². The molecule has 0 N–H and O–H groups in total. The Morgan fingerprint density at radius 3 is 2.35 bits per heavy atom. The Morgan fingerprint density at radius 2 is 1.53 bits per heavy atom. The zero-order chi connectivity index (χ0) is 11.8. The van der Waals surface area contributed by atoms with Gasteiger partial charge in [-0.15, -0.1) is 0 Å². The van der Waals surface area contributed by atoms with Crippen LogP contribution in [0.3, 0.4) is 0 Å². The average molecular weight is 263 g/mol. The molecule has 2 heteroatoms. The highest BCUT2D eigenvalue weighted by atomic mass is 35.5. The molecule has 0 amide bonds. The van der Waals surface area contributed by atoms with E-state index in [2.05, 4.69) is 12.1 Å². The monoisotopic (exact) mass is 262 g/mol. The highest BCUT2D eigenvalue weighted by molar-refractivity contribution is 6.32. The molecule has 0 spiro atoms. The van der Waals surface area contributed by atoms with Gasteiger partial charge in [-0.3, -0.25) is 0 Å². The minimum absolute atomic E-state index is 0.400. The SMILES string of the molecule is Clc1ccccc1C1CCc2c(Cl)cccc21. The van der Waals surface area contributed by atoms with E-state index in [1.54, 1.807) is 0 Å². The third kappa shape index (κ3) is 1.86. The number of fused-ring (bicyclic) bond motifs is 1. The van der Waals surface area contributed by atoms with Gasteiger partial charge in [0, 0.05) is 16.0 Å². The molecule has 17 heavy (non-hydrogen) atoms. The molecule has 86 valence electrons. The van der Waals surface area contributed by atoms with Crippen LogP contribution >= 0.6 is 23.2 Å². The molecular weight excluding hydrogens is 251 g/mol. The summed E-state index contributed by atoms with van der Waals surface area (Å²) >= 11 is 12.5. The van der Waals surface area contributed by atoms with Gasteiger partial charge in [0.05, 0.1) is 0 Å². The molecule has 0 nitrogen and oxygen atoms in total. The van der Waals surface area contributed by atoms with Crippen LogP contribution in [0.2, 0.25) is 10.0 Å². The van der Waals surface area contributed by atoms with Crippen LogP contribution < -0.4 is 0 Å². The first kappa shape index (κ1) is 11.1. The van der Waals surface area contributed by atoms with Crippen LogP contribution in [0.1, 0.15) is 29.0 Å². The summed E-state index contributed by atoms with van der Waals surface area (Å²) in [5.41, 5.74) is 3.85. The molecule has 3 rings (SSSR count). The Bertz CT molecular complexity index is 561. The van der Waals surface area contributed by atoms with Gasteiger partial charge in [0.25, 0.3) is 0 Å². The third-order valence-corrected chi connectivity index (χ3v) is 4.19. The van der Waals surface area contributed by atoms with Crippen molar-refractivity contribution >= 4 is 23.2 Å². The average Bonchev–Trinajstić information content (AvgIpc) is 2.75. The summed E-state index contributed by atoms with van der Waals surface area (Å²) in [6.45, 7) is 0. The van der Waals surface area contributed by atoms with Crippen molar-refractivity contribution in [1.82, 2.24) is 0 Å². The Balaban J connectivity index is 2.11. The van der Waals surface area contributed by atoms with E-state index < -0.39 is 0 Å². The van der Waals surface area contributed by atoms with Crippen LogP contribution in [0.5, 0.6) is 0 Å². The molecule has 0 saturated carbocycles. The number of benzene rings is 2. The molecule has 1 aliphatic carbocycles. The van der Waals surface area contributed by atoms with E-state index in [1.165, 1.54) is 16.7 Å². The lowest BCUT2D eigenvalue weighted by molar-refractivity contribution is 0.788. The highest BCUT2D eigenvalue weighted by Crippen LogP contribution is 2.42. The second-order valence-electron chi connectivity index (χ2n) is 4.42. The quantitative estimate of drug-likeness (QED) is 0.673. The lowest BCUT2D eigenvalue weighted by atomic mass is 9.93. The van der Waals surface area contributed by atoms with Crippen molar-refractivity contribution in [2.45, 2.75) is 18.8 Å². The van der Waals surface area contributed by atoms with E-state index in [4.69, 9.17) is 23.2 Å². The summed E-state index contributed by atoms with van der Waals surface area (Å²) in [5.74, 6) is 0.400. The largest absolute Gasteiger partial charge is 0.0840 e. The maximum absolute atomic E-state index is 6.28. The summed E-state index contributed by atoms with van der Waals surface area (Å²) in [6.07, 6.45) is 2.15. The zero-order valence-electron chi connectivity index (χ0n) is 9.29. The van der Waals surface area contributed by atoms with Gasteiger partial charge in [-0.2, -0.15) is 0 Å². The van der Waals surface area contributed by atoms with Crippen molar-refractivity contribution in [2.24, 2.45) is 0 Å². The van der Waals surface area contributed by atoms with Crippen LogP contribution in [-0.2, 0) is 6.42 Å². The molecule has 0 fully saturated rings. The fourth-order valence-corrected chi connectivity index (χ4v) is 3.23. The first-order chi connectivity index (χ1) is 8.27. The Kier molecular flexibility index (Phi) is 2.85. The van der Waals surface area contributed by atoms with Gasteiger partial charge >= 0.3 is 0 Å². The molecule has 1 unspecified atom stereocenters. The molecule has 2 aromatic rings. The molecule has 0 heterocycles. The van der Waals surface area contributed by atoms with Gasteiger partial charge in [-0.05, 0) is 41.7 Å². The second kappa shape index (κ2) is 4.36. The maximum Gasteiger partial charge on any atom is 0.0444 e. The number of halogens is 2. The molecule has 0 aliphatic heterocycles. The second-order valence-corrected chi connectivity index (χ2v) is 5.23. The number of hydrogen-bond donors (Lipinski definition) is 0. The standard InChI is InChI=1S/C15H12Cl2/c16-14-6-2-1-4-12(14)11-8-9-13-10(11)5-3-7-15(13)17/h1-7,11H,8-9H2. The lowest BCUT2D eigenvalue weighted by Gasteiger charge is -2.13. The van der Waals surface area contributed by atoms with Gasteiger partial charge in [0.1, 0.15) is 0 Å². The normalized spacial score (nSPS) is 18.1. The van der Waals surface area contributed by atoms with Crippen molar-refractivity contribution in [3.05, 3.63) is 69.2 Å². The van der Waals surface area contributed by atoms with Crippen LogP contribution in [0.25, 0.3) is 0 Å². The van der Waals surface area contributed by atoms with E-state index >= 15 is 0 Å². The summed E-state index contributed by atoms with van der Waals surface area (Å²) in [4.78, 5) is 0. The maximum atomic E-state index is 6.28. The highest BCUT2D eigenvalue weighted by Gasteiger charge is 2.26. The minimum atomic E-state index is 0.400. The molecule has 0 radical (unpaired) electrons. The molecule has 0 aromatic heterocycles. The summed E-state index contributed by atoms with van der Waals surface area (Å²) in [7, 11) is 0. The summed E-state index contributed by atoms with van der Waals surface area (Å²) in [6, 6.07) is 14.2. The summed E-state index contributed by atoms with van der Waals surface area (Å²) in [5, 5.41) is 1.74. The third-order valence-electron chi connectivity index (χ3n) is 3.49. The molecule has 1 atom stereocenters. The van der Waals surface area contributed by atoms with Gasteiger partial charge in [-0.25, -0.2) is 0 Å². The van der Waals surface area contributed by atoms with E-state index in [1.807, 2.05) is 30.3 Å². The topological polar surface area (TPSA) is 0 Å². The van der Waals surface area contributed by atoms with Crippen molar-refractivity contribution in [3.63, 3.8) is 0 Å². The predicted octanol–water partition coefficient (Wildman–Crippen LogP) is 5.07. The van der Waals surface area contributed by atoms with Crippen molar-refractivity contribution in [3.8, 4) is 0 Å².